The van der Waals surface area contributed by atoms with E-state index < -0.39 is 0 Å². The number of nitrogens with one attached hydrogen (secondary N) is 1. The molecule has 0 spiro atoms. The summed E-state index contributed by atoms with van der Waals surface area (Å²) in [6.07, 6.45) is 7.06. The molecule has 0 amide bonds. The normalized spacial score (nSPS) is 25.4. The van der Waals surface area contributed by atoms with E-state index in [1.165, 1.54) is 16.7 Å². The van der Waals surface area contributed by atoms with Gasteiger partial charge < -0.3 is 16.8 Å². The quantitative estimate of drug-likeness (QED) is 0.732. The molecule has 2 unspecified atom stereocenters. The van der Waals surface area contributed by atoms with Crippen LogP contribution >= 0.6 is 35.0 Å². The zero-order valence-electron chi connectivity index (χ0n) is 12.9. The Labute approximate surface area is 155 Å². The molecule has 3 nitrogen and oxygen atoms in total. The van der Waals surface area contributed by atoms with Crippen molar-refractivity contribution in [2.75, 3.05) is 6.54 Å². The highest BCUT2D eigenvalue weighted by atomic mass is 35.5. The first-order valence-corrected chi connectivity index (χ1v) is 9.40. The van der Waals surface area contributed by atoms with Gasteiger partial charge in [0.25, 0.3) is 0 Å². The van der Waals surface area contributed by atoms with Gasteiger partial charge in [-0.25, -0.2) is 0 Å². The molecule has 1 aliphatic carbocycles. The van der Waals surface area contributed by atoms with Crippen LogP contribution in [0.25, 0.3) is 5.57 Å². The van der Waals surface area contributed by atoms with E-state index in [4.69, 9.17) is 34.7 Å². The Bertz CT molecular complexity index is 839. The van der Waals surface area contributed by atoms with E-state index in [2.05, 4.69) is 11.4 Å². The number of fused-ring (bicyclic) bond motifs is 3. The van der Waals surface area contributed by atoms with Gasteiger partial charge in [0.15, 0.2) is 0 Å². The number of halogens is 2. The van der Waals surface area contributed by atoms with Crippen LogP contribution in [0.5, 0.6) is 0 Å². The summed E-state index contributed by atoms with van der Waals surface area (Å²) in [7, 11) is 0. The molecule has 0 saturated heterocycles. The van der Waals surface area contributed by atoms with Crippen molar-refractivity contribution >= 4 is 40.5 Å². The SMILES string of the molecule is NCC1=C(N)SC2C3=CC=CNC3CC(c3ccc(Cl)cc3Cl)=C12. The molecule has 124 valence electrons. The second kappa shape index (κ2) is 6.19. The summed E-state index contributed by atoms with van der Waals surface area (Å²) in [5.74, 6) is 0. The minimum Gasteiger partial charge on any atom is -0.393 e. The largest absolute Gasteiger partial charge is 0.393 e. The lowest BCUT2D eigenvalue weighted by molar-refractivity contribution is 0.644. The van der Waals surface area contributed by atoms with E-state index in [9.17, 15) is 0 Å². The molecule has 0 bridgehead atoms. The van der Waals surface area contributed by atoms with E-state index in [-0.39, 0.29) is 11.3 Å². The molecule has 0 aromatic heterocycles. The van der Waals surface area contributed by atoms with Gasteiger partial charge in [0.1, 0.15) is 0 Å². The first-order chi connectivity index (χ1) is 11.6. The average molecular weight is 378 g/mol. The highest BCUT2D eigenvalue weighted by molar-refractivity contribution is 8.04. The number of hydrogen-bond donors (Lipinski definition) is 3. The van der Waals surface area contributed by atoms with Crippen molar-refractivity contribution in [1.29, 1.82) is 0 Å². The lowest BCUT2D eigenvalue weighted by atomic mass is 9.78. The van der Waals surface area contributed by atoms with E-state index in [0.29, 0.717) is 16.6 Å². The highest BCUT2D eigenvalue weighted by Crippen LogP contribution is 2.52. The maximum atomic E-state index is 6.50. The monoisotopic (exact) mass is 377 g/mol. The Morgan fingerprint density at radius 1 is 1.29 bits per heavy atom. The molecule has 2 heterocycles. The maximum Gasteiger partial charge on any atom is 0.0713 e. The maximum absolute atomic E-state index is 6.50. The van der Waals surface area contributed by atoms with Crippen LogP contribution in [-0.2, 0) is 0 Å². The van der Waals surface area contributed by atoms with Gasteiger partial charge in [-0.2, -0.15) is 0 Å². The third kappa shape index (κ3) is 2.49. The minimum absolute atomic E-state index is 0.196. The summed E-state index contributed by atoms with van der Waals surface area (Å²) in [5, 5.41) is 5.76. The van der Waals surface area contributed by atoms with Crippen LogP contribution in [0.1, 0.15) is 12.0 Å². The first-order valence-electron chi connectivity index (χ1n) is 7.77. The number of allylic oxidation sites excluding steroid dienone is 2. The van der Waals surface area contributed by atoms with E-state index in [0.717, 1.165) is 22.6 Å². The van der Waals surface area contributed by atoms with Crippen LogP contribution in [0.4, 0.5) is 0 Å². The standard InChI is InChI=1S/C18H17Cl2N3S/c19-9-3-4-10(14(20)6-9)12-7-15-11(2-1-5-23-15)17-16(12)13(8-21)18(22)24-17/h1-6,15,17,23H,7-8,21-22H2. The van der Waals surface area contributed by atoms with Gasteiger partial charge in [-0.15, -0.1) is 0 Å². The number of dihydropyridines is 1. The van der Waals surface area contributed by atoms with Crippen LogP contribution in [0.2, 0.25) is 10.0 Å². The summed E-state index contributed by atoms with van der Waals surface area (Å²) in [4.78, 5) is 0. The summed E-state index contributed by atoms with van der Waals surface area (Å²) in [6.45, 7) is 0.431. The third-order valence-corrected chi connectivity index (χ3v) is 6.50. The summed E-state index contributed by atoms with van der Waals surface area (Å²) in [5.41, 5.74) is 18.1. The van der Waals surface area contributed by atoms with Gasteiger partial charge in [-0.3, -0.25) is 0 Å². The molecular weight excluding hydrogens is 361 g/mol. The fourth-order valence-electron chi connectivity index (χ4n) is 3.63. The Morgan fingerprint density at radius 2 is 2.12 bits per heavy atom. The van der Waals surface area contributed by atoms with Crippen LogP contribution in [-0.4, -0.2) is 17.8 Å². The molecule has 1 aromatic rings. The average Bonchev–Trinajstić information content (AvgIpc) is 2.91. The molecule has 0 saturated carbocycles. The number of thioether (sulfide) groups is 1. The Morgan fingerprint density at radius 3 is 2.88 bits per heavy atom. The lowest BCUT2D eigenvalue weighted by Crippen LogP contribution is -2.37. The lowest BCUT2D eigenvalue weighted by Gasteiger charge is -2.35. The van der Waals surface area contributed by atoms with Gasteiger partial charge >= 0.3 is 0 Å². The second-order valence-electron chi connectivity index (χ2n) is 6.01. The topological polar surface area (TPSA) is 64.1 Å². The molecule has 2 aliphatic heterocycles. The van der Waals surface area contributed by atoms with Crippen LogP contribution < -0.4 is 16.8 Å². The van der Waals surface area contributed by atoms with Gasteiger partial charge in [0.05, 0.1) is 16.3 Å². The molecule has 0 radical (unpaired) electrons. The van der Waals surface area contributed by atoms with Crippen molar-refractivity contribution in [1.82, 2.24) is 5.32 Å². The van der Waals surface area contributed by atoms with Gasteiger partial charge in [0.2, 0.25) is 0 Å². The molecule has 24 heavy (non-hydrogen) atoms. The molecule has 0 fully saturated rings. The smallest absolute Gasteiger partial charge is 0.0713 e. The van der Waals surface area contributed by atoms with Crippen molar-refractivity contribution in [2.45, 2.75) is 17.7 Å². The van der Waals surface area contributed by atoms with Crippen molar-refractivity contribution in [3.63, 3.8) is 0 Å². The van der Waals surface area contributed by atoms with Crippen LogP contribution in [0.3, 0.4) is 0 Å². The summed E-state index contributed by atoms with van der Waals surface area (Å²) in [6, 6.07) is 5.91. The van der Waals surface area contributed by atoms with E-state index >= 15 is 0 Å². The molecular formula is C18H17Cl2N3S. The van der Waals surface area contributed by atoms with Gasteiger partial charge in [-0.05, 0) is 53.1 Å². The molecule has 1 aromatic carbocycles. The molecule has 5 N–H and O–H groups in total. The molecule has 3 aliphatic rings. The predicted molar refractivity (Wildman–Crippen MR) is 104 cm³/mol. The Kier molecular flexibility index (Phi) is 4.17. The van der Waals surface area contributed by atoms with E-state index in [1.807, 2.05) is 24.4 Å². The number of benzene rings is 1. The number of nitrogens with two attached hydrogens (primary N) is 2. The molecule has 2 atom stereocenters. The molecule has 4 rings (SSSR count). The van der Waals surface area contributed by atoms with E-state index in [1.54, 1.807) is 17.8 Å². The van der Waals surface area contributed by atoms with Crippen molar-refractivity contribution < 1.29 is 0 Å². The third-order valence-electron chi connectivity index (χ3n) is 4.71. The Hall–Kier alpha value is -1.33. The zero-order chi connectivity index (χ0) is 16.8. The fraction of sp³-hybridized carbons (Fsp3) is 0.222. The number of rotatable bonds is 2. The fourth-order valence-corrected chi connectivity index (χ4v) is 5.52. The van der Waals surface area contributed by atoms with Crippen LogP contribution in [0, 0.1) is 0 Å². The summed E-state index contributed by atoms with van der Waals surface area (Å²) >= 11 is 14.3. The second-order valence-corrected chi connectivity index (χ2v) is 8.00. The van der Waals surface area contributed by atoms with Crippen molar-refractivity contribution in [2.24, 2.45) is 11.5 Å². The Balaban J connectivity index is 1.93. The molecule has 6 heteroatoms. The van der Waals surface area contributed by atoms with Crippen molar-refractivity contribution in [3.8, 4) is 0 Å². The van der Waals surface area contributed by atoms with Crippen molar-refractivity contribution in [3.05, 3.63) is 73.9 Å². The highest BCUT2D eigenvalue weighted by Gasteiger charge is 2.41. The predicted octanol–water partition coefficient (Wildman–Crippen LogP) is 3.81. The minimum atomic E-state index is 0.196. The first kappa shape index (κ1) is 16.2. The summed E-state index contributed by atoms with van der Waals surface area (Å²) < 4.78 is 0. The van der Waals surface area contributed by atoms with Crippen LogP contribution in [0.15, 0.2) is 58.3 Å². The zero-order valence-corrected chi connectivity index (χ0v) is 15.2. The van der Waals surface area contributed by atoms with Gasteiger partial charge in [-0.1, -0.05) is 47.1 Å². The number of hydrogen-bond acceptors (Lipinski definition) is 4. The van der Waals surface area contributed by atoms with Gasteiger partial charge in [0, 0.05) is 22.2 Å².